The molecule has 0 aromatic heterocycles. The fraction of sp³-hybridized carbons (Fsp3) is 0.500. The van der Waals surface area contributed by atoms with Crippen LogP contribution in [0, 0.1) is 0 Å². The zero-order valence-electron chi connectivity index (χ0n) is 9.08. The molecule has 84 valence electrons. The minimum atomic E-state index is 0.411. The van der Waals surface area contributed by atoms with Gasteiger partial charge in [-0.05, 0) is 25.0 Å². The third-order valence-electron chi connectivity index (χ3n) is 2.44. The highest BCUT2D eigenvalue weighted by molar-refractivity contribution is 5.13. The SMILES string of the molecule is C=C/C=C(\C=C)OONC1CCCCC1. The second kappa shape index (κ2) is 7.26. The number of rotatable bonds is 6. The first-order valence-corrected chi connectivity index (χ1v) is 5.41. The van der Waals surface area contributed by atoms with E-state index in [0.717, 1.165) is 12.8 Å². The molecule has 0 spiro atoms. The Balaban J connectivity index is 2.16. The Morgan fingerprint density at radius 1 is 1.20 bits per heavy atom. The summed E-state index contributed by atoms with van der Waals surface area (Å²) in [6, 6.07) is 0.411. The van der Waals surface area contributed by atoms with Gasteiger partial charge in [-0.3, -0.25) is 0 Å². The molecule has 1 fully saturated rings. The molecule has 1 rings (SSSR count). The number of hydroxylamine groups is 1. The predicted octanol–water partition coefficient (Wildman–Crippen LogP) is 3.03. The molecule has 0 amide bonds. The van der Waals surface area contributed by atoms with Crippen molar-refractivity contribution in [1.29, 1.82) is 0 Å². The molecule has 0 aromatic carbocycles. The van der Waals surface area contributed by atoms with Gasteiger partial charge in [-0.25, -0.2) is 0 Å². The summed E-state index contributed by atoms with van der Waals surface area (Å²) in [6.45, 7) is 7.16. The molecule has 1 N–H and O–H groups in total. The minimum absolute atomic E-state index is 0.411. The number of hydrogen-bond acceptors (Lipinski definition) is 3. The first kappa shape index (κ1) is 12.0. The van der Waals surface area contributed by atoms with Crippen LogP contribution < -0.4 is 5.48 Å². The lowest BCUT2D eigenvalue weighted by Crippen LogP contribution is -2.31. The molecule has 3 heteroatoms. The summed E-state index contributed by atoms with van der Waals surface area (Å²) >= 11 is 0. The van der Waals surface area contributed by atoms with Gasteiger partial charge in [-0.2, -0.15) is 5.48 Å². The zero-order chi connectivity index (χ0) is 10.9. The second-order valence-electron chi connectivity index (χ2n) is 3.63. The van der Waals surface area contributed by atoms with Crippen LogP contribution in [0.3, 0.4) is 0 Å². The third-order valence-corrected chi connectivity index (χ3v) is 2.44. The van der Waals surface area contributed by atoms with Crippen LogP contribution in [0.15, 0.2) is 37.1 Å². The average molecular weight is 209 g/mol. The van der Waals surface area contributed by atoms with Crippen molar-refractivity contribution in [2.75, 3.05) is 0 Å². The molecule has 0 saturated heterocycles. The molecule has 1 saturated carbocycles. The molecule has 1 aliphatic carbocycles. The van der Waals surface area contributed by atoms with Crippen molar-refractivity contribution in [3.63, 3.8) is 0 Å². The number of allylic oxidation sites excluding steroid dienone is 3. The van der Waals surface area contributed by atoms with E-state index in [2.05, 4.69) is 18.6 Å². The fourth-order valence-electron chi connectivity index (χ4n) is 1.61. The smallest absolute Gasteiger partial charge is 0.166 e. The summed E-state index contributed by atoms with van der Waals surface area (Å²) in [5, 5.41) is 0. The summed E-state index contributed by atoms with van der Waals surface area (Å²) in [7, 11) is 0. The quantitative estimate of drug-likeness (QED) is 0.316. The van der Waals surface area contributed by atoms with Crippen molar-refractivity contribution in [2.24, 2.45) is 0 Å². The van der Waals surface area contributed by atoms with Crippen LogP contribution in [0.1, 0.15) is 32.1 Å². The van der Waals surface area contributed by atoms with Crippen molar-refractivity contribution >= 4 is 0 Å². The van der Waals surface area contributed by atoms with Gasteiger partial charge < -0.3 is 4.89 Å². The lowest BCUT2D eigenvalue weighted by molar-refractivity contribution is -0.312. The average Bonchev–Trinajstić information content (AvgIpc) is 2.29. The van der Waals surface area contributed by atoms with Gasteiger partial charge in [0, 0.05) is 6.04 Å². The number of nitrogens with one attached hydrogen (secondary N) is 1. The zero-order valence-corrected chi connectivity index (χ0v) is 9.08. The topological polar surface area (TPSA) is 30.5 Å². The van der Waals surface area contributed by atoms with Crippen LogP contribution in [-0.4, -0.2) is 6.04 Å². The van der Waals surface area contributed by atoms with Crippen LogP contribution in [0.25, 0.3) is 0 Å². The Hall–Kier alpha value is -1.06. The van der Waals surface area contributed by atoms with Gasteiger partial charge in [0.15, 0.2) is 5.76 Å². The summed E-state index contributed by atoms with van der Waals surface area (Å²) < 4.78 is 0. The Kier molecular flexibility index (Phi) is 5.81. The molecule has 0 heterocycles. The van der Waals surface area contributed by atoms with Crippen molar-refractivity contribution in [2.45, 2.75) is 38.1 Å². The largest absolute Gasteiger partial charge is 0.319 e. The third kappa shape index (κ3) is 4.81. The number of hydrogen-bond donors (Lipinski definition) is 1. The Morgan fingerprint density at radius 2 is 1.93 bits per heavy atom. The van der Waals surface area contributed by atoms with E-state index in [-0.39, 0.29) is 0 Å². The van der Waals surface area contributed by atoms with Gasteiger partial charge in [-0.1, -0.05) is 43.5 Å². The van der Waals surface area contributed by atoms with Gasteiger partial charge in [0.25, 0.3) is 0 Å². The molecule has 0 aliphatic heterocycles. The minimum Gasteiger partial charge on any atom is -0.319 e. The van der Waals surface area contributed by atoms with Crippen LogP contribution in [0.2, 0.25) is 0 Å². The molecule has 0 atom stereocenters. The van der Waals surface area contributed by atoms with E-state index in [4.69, 9.17) is 9.88 Å². The molecule has 0 aromatic rings. The van der Waals surface area contributed by atoms with Crippen LogP contribution in [0.4, 0.5) is 0 Å². The van der Waals surface area contributed by atoms with Gasteiger partial charge in [0.05, 0.1) is 0 Å². The van der Waals surface area contributed by atoms with Gasteiger partial charge in [0.2, 0.25) is 0 Å². The van der Waals surface area contributed by atoms with Gasteiger partial charge in [0.1, 0.15) is 0 Å². The van der Waals surface area contributed by atoms with Crippen molar-refractivity contribution in [1.82, 2.24) is 5.48 Å². The summed E-state index contributed by atoms with van der Waals surface area (Å²) in [5.74, 6) is 0.549. The molecule has 0 radical (unpaired) electrons. The van der Waals surface area contributed by atoms with Crippen molar-refractivity contribution in [3.05, 3.63) is 37.1 Å². The predicted molar refractivity (Wildman–Crippen MR) is 60.7 cm³/mol. The van der Waals surface area contributed by atoms with E-state index in [1.807, 2.05) is 0 Å². The normalized spacial score (nSPS) is 18.5. The summed E-state index contributed by atoms with van der Waals surface area (Å²) in [6.07, 6.45) is 11.0. The van der Waals surface area contributed by atoms with E-state index < -0.39 is 0 Å². The maximum Gasteiger partial charge on any atom is 0.166 e. The molecular weight excluding hydrogens is 190 g/mol. The molecular formula is C12H19NO2. The van der Waals surface area contributed by atoms with Gasteiger partial charge in [-0.15, -0.1) is 0 Å². The maximum atomic E-state index is 5.00. The van der Waals surface area contributed by atoms with Crippen LogP contribution in [-0.2, 0) is 9.88 Å². The first-order chi connectivity index (χ1) is 7.36. The van der Waals surface area contributed by atoms with E-state index in [9.17, 15) is 0 Å². The monoisotopic (exact) mass is 209 g/mol. The summed E-state index contributed by atoms with van der Waals surface area (Å²) in [4.78, 5) is 9.94. The van der Waals surface area contributed by atoms with E-state index in [1.165, 1.54) is 19.3 Å². The second-order valence-corrected chi connectivity index (χ2v) is 3.63. The highest BCUT2D eigenvalue weighted by Gasteiger charge is 2.13. The standard InChI is InChI=1S/C12H19NO2/c1-3-8-12(4-2)14-15-13-11-9-6-5-7-10-11/h3-4,8,11,13H,1-2,5-7,9-10H2/b12-8+. The molecule has 0 unspecified atom stereocenters. The van der Waals surface area contributed by atoms with Crippen LogP contribution >= 0.6 is 0 Å². The van der Waals surface area contributed by atoms with E-state index in [0.29, 0.717) is 11.8 Å². The Labute approximate surface area is 91.3 Å². The highest BCUT2D eigenvalue weighted by Crippen LogP contribution is 2.17. The Bertz CT molecular complexity index is 230. The van der Waals surface area contributed by atoms with Crippen molar-refractivity contribution < 1.29 is 9.88 Å². The molecule has 3 nitrogen and oxygen atoms in total. The van der Waals surface area contributed by atoms with Crippen molar-refractivity contribution in [3.8, 4) is 0 Å². The Morgan fingerprint density at radius 3 is 2.53 bits per heavy atom. The van der Waals surface area contributed by atoms with E-state index >= 15 is 0 Å². The summed E-state index contributed by atoms with van der Waals surface area (Å²) in [5.41, 5.74) is 2.90. The molecule has 1 aliphatic rings. The fourth-order valence-corrected chi connectivity index (χ4v) is 1.61. The van der Waals surface area contributed by atoms with E-state index in [1.54, 1.807) is 18.2 Å². The lowest BCUT2D eigenvalue weighted by atomic mass is 9.96. The highest BCUT2D eigenvalue weighted by atomic mass is 17.3. The molecule has 15 heavy (non-hydrogen) atoms. The lowest BCUT2D eigenvalue weighted by Gasteiger charge is -2.21. The van der Waals surface area contributed by atoms with Crippen LogP contribution in [0.5, 0.6) is 0 Å². The maximum absolute atomic E-state index is 5.00. The molecule has 0 bridgehead atoms. The van der Waals surface area contributed by atoms with Gasteiger partial charge >= 0.3 is 0 Å². The first-order valence-electron chi connectivity index (χ1n) is 5.41.